The van der Waals surface area contributed by atoms with Crippen molar-refractivity contribution in [3.63, 3.8) is 0 Å². The fourth-order valence-electron chi connectivity index (χ4n) is 1.71. The number of methoxy groups -OCH3 is 1. The Bertz CT molecular complexity index is 722. The highest BCUT2D eigenvalue weighted by Crippen LogP contribution is 2.27. The van der Waals surface area contributed by atoms with Gasteiger partial charge in [-0.05, 0) is 52.4 Å². The van der Waals surface area contributed by atoms with Crippen molar-refractivity contribution in [3.8, 4) is 11.5 Å². The van der Waals surface area contributed by atoms with Crippen molar-refractivity contribution >= 4 is 44.9 Å². The molecule has 0 aliphatic rings. The first-order chi connectivity index (χ1) is 10.5. The molecule has 0 saturated heterocycles. The van der Waals surface area contributed by atoms with E-state index in [0.29, 0.717) is 21.5 Å². The van der Waals surface area contributed by atoms with Gasteiger partial charge >= 0.3 is 0 Å². The number of amides is 1. The number of carbonyl (C=O) groups excluding carboxylic acids is 1. The van der Waals surface area contributed by atoms with Gasteiger partial charge in [0.25, 0.3) is 5.91 Å². The van der Waals surface area contributed by atoms with Crippen LogP contribution in [-0.4, -0.2) is 23.2 Å². The highest BCUT2D eigenvalue weighted by Gasteiger charge is 2.12. The van der Waals surface area contributed by atoms with Gasteiger partial charge in [-0.25, -0.2) is 0 Å². The molecule has 2 rings (SSSR count). The third kappa shape index (κ3) is 3.96. The second kappa shape index (κ2) is 7.24. The average Bonchev–Trinajstić information content (AvgIpc) is 2.49. The van der Waals surface area contributed by atoms with E-state index in [1.807, 2.05) is 6.07 Å². The number of rotatable bonds is 3. The first-order valence-electron chi connectivity index (χ1n) is 6.25. The smallest absolute Gasteiger partial charge is 0.258 e. The van der Waals surface area contributed by atoms with Crippen LogP contribution in [0.15, 0.2) is 46.9 Å². The Hall–Kier alpha value is -2.12. The predicted molar refractivity (Wildman–Crippen MR) is 92.5 cm³/mol. The maximum Gasteiger partial charge on any atom is 0.258 e. The molecule has 5 nitrogen and oxygen atoms in total. The summed E-state index contributed by atoms with van der Waals surface area (Å²) in [5.41, 5.74) is 0.804. The lowest BCUT2D eigenvalue weighted by Crippen LogP contribution is -2.34. The van der Waals surface area contributed by atoms with Gasteiger partial charge in [-0.2, -0.15) is 0 Å². The van der Waals surface area contributed by atoms with Crippen LogP contribution >= 0.6 is 28.1 Å². The van der Waals surface area contributed by atoms with E-state index in [4.69, 9.17) is 17.0 Å². The van der Waals surface area contributed by atoms with Gasteiger partial charge in [0, 0.05) is 10.5 Å². The van der Waals surface area contributed by atoms with Gasteiger partial charge in [-0.3, -0.25) is 10.1 Å². The lowest BCUT2D eigenvalue weighted by atomic mass is 10.2. The SMILES string of the molecule is COc1ccc(O)c(NC(=S)NC(=O)c2ccccc2Br)c1. The molecular weight excluding hydrogens is 368 g/mol. The van der Waals surface area contributed by atoms with E-state index in [1.165, 1.54) is 13.2 Å². The van der Waals surface area contributed by atoms with E-state index in [2.05, 4.69) is 26.6 Å². The lowest BCUT2D eigenvalue weighted by Gasteiger charge is -2.12. The summed E-state index contributed by atoms with van der Waals surface area (Å²) in [6.45, 7) is 0. The third-order valence-corrected chi connectivity index (χ3v) is 3.69. The molecule has 0 saturated carbocycles. The fraction of sp³-hybridized carbons (Fsp3) is 0.0667. The van der Waals surface area contributed by atoms with E-state index in [-0.39, 0.29) is 16.8 Å². The van der Waals surface area contributed by atoms with Crippen LogP contribution < -0.4 is 15.4 Å². The number of thiocarbonyl (C=S) groups is 1. The normalized spacial score (nSPS) is 9.91. The molecule has 0 bridgehead atoms. The second-order valence-electron chi connectivity index (χ2n) is 4.27. The number of benzene rings is 2. The summed E-state index contributed by atoms with van der Waals surface area (Å²) in [5.74, 6) is 0.200. The van der Waals surface area contributed by atoms with E-state index in [9.17, 15) is 9.90 Å². The zero-order valence-corrected chi connectivity index (χ0v) is 14.0. The van der Waals surface area contributed by atoms with Crippen molar-refractivity contribution in [3.05, 3.63) is 52.5 Å². The number of hydrogen-bond donors (Lipinski definition) is 3. The van der Waals surface area contributed by atoms with E-state index in [0.717, 1.165) is 0 Å². The summed E-state index contributed by atoms with van der Waals surface area (Å²) >= 11 is 8.39. The maximum absolute atomic E-state index is 12.1. The predicted octanol–water partition coefficient (Wildman–Crippen LogP) is 3.29. The number of nitrogens with one attached hydrogen (secondary N) is 2. The highest BCUT2D eigenvalue weighted by molar-refractivity contribution is 9.10. The Balaban J connectivity index is 2.07. The molecule has 2 aromatic rings. The topological polar surface area (TPSA) is 70.6 Å². The summed E-state index contributed by atoms with van der Waals surface area (Å²) in [7, 11) is 1.52. The van der Waals surface area contributed by atoms with Crippen LogP contribution in [0.5, 0.6) is 11.5 Å². The van der Waals surface area contributed by atoms with Crippen LogP contribution in [-0.2, 0) is 0 Å². The van der Waals surface area contributed by atoms with Gasteiger partial charge in [0.1, 0.15) is 11.5 Å². The van der Waals surface area contributed by atoms with Gasteiger partial charge in [-0.15, -0.1) is 0 Å². The Morgan fingerprint density at radius 2 is 2.00 bits per heavy atom. The Morgan fingerprint density at radius 3 is 2.68 bits per heavy atom. The average molecular weight is 381 g/mol. The number of hydrogen-bond acceptors (Lipinski definition) is 4. The molecule has 1 amide bonds. The third-order valence-electron chi connectivity index (χ3n) is 2.80. The summed E-state index contributed by atoms with van der Waals surface area (Å²) in [6.07, 6.45) is 0. The largest absolute Gasteiger partial charge is 0.506 e. The fourth-order valence-corrected chi connectivity index (χ4v) is 2.38. The standard InChI is InChI=1S/C15H13BrN2O3S/c1-21-9-6-7-13(19)12(8-9)17-15(22)18-14(20)10-4-2-3-5-11(10)16/h2-8,19H,1H3,(H2,17,18,20,22). The first-order valence-corrected chi connectivity index (χ1v) is 7.45. The maximum atomic E-state index is 12.1. The van der Waals surface area contributed by atoms with Crippen molar-refractivity contribution in [1.82, 2.24) is 5.32 Å². The minimum absolute atomic E-state index is 0.00158. The Morgan fingerprint density at radius 1 is 1.27 bits per heavy atom. The van der Waals surface area contributed by atoms with Crippen LogP contribution in [0.2, 0.25) is 0 Å². The van der Waals surface area contributed by atoms with Crippen LogP contribution in [0.4, 0.5) is 5.69 Å². The molecule has 0 unspecified atom stereocenters. The summed E-state index contributed by atoms with van der Waals surface area (Å²) in [4.78, 5) is 12.1. The van der Waals surface area contributed by atoms with Gasteiger partial charge in [0.15, 0.2) is 5.11 Å². The molecule has 0 atom stereocenters. The number of ether oxygens (including phenoxy) is 1. The molecule has 0 aromatic heterocycles. The Labute approximate surface area is 141 Å². The minimum atomic E-state index is -0.354. The van der Waals surface area contributed by atoms with Gasteiger partial charge in [-0.1, -0.05) is 12.1 Å². The molecule has 3 N–H and O–H groups in total. The second-order valence-corrected chi connectivity index (χ2v) is 5.53. The van der Waals surface area contributed by atoms with Crippen molar-refractivity contribution < 1.29 is 14.6 Å². The van der Waals surface area contributed by atoms with Crippen LogP contribution in [0.1, 0.15) is 10.4 Å². The van der Waals surface area contributed by atoms with Crippen molar-refractivity contribution in [2.24, 2.45) is 0 Å². The molecular formula is C15H13BrN2O3S. The number of anilines is 1. The van der Waals surface area contributed by atoms with Crippen molar-refractivity contribution in [2.75, 3.05) is 12.4 Å². The summed E-state index contributed by atoms with van der Waals surface area (Å²) in [6, 6.07) is 11.7. The zero-order valence-electron chi connectivity index (χ0n) is 11.6. The number of phenolic OH excluding ortho intramolecular Hbond substituents is 1. The quantitative estimate of drug-likeness (QED) is 0.562. The van der Waals surface area contributed by atoms with Crippen LogP contribution in [0.3, 0.4) is 0 Å². The van der Waals surface area contributed by atoms with Crippen LogP contribution in [0.25, 0.3) is 0 Å². The monoisotopic (exact) mass is 380 g/mol. The molecule has 0 fully saturated rings. The zero-order chi connectivity index (χ0) is 16.1. The van der Waals surface area contributed by atoms with Gasteiger partial charge < -0.3 is 15.2 Å². The Kier molecular flexibility index (Phi) is 5.35. The molecule has 0 spiro atoms. The van der Waals surface area contributed by atoms with Gasteiger partial charge in [0.05, 0.1) is 18.4 Å². The van der Waals surface area contributed by atoms with Crippen molar-refractivity contribution in [2.45, 2.75) is 0 Å². The van der Waals surface area contributed by atoms with Crippen LogP contribution in [0, 0.1) is 0 Å². The number of halogens is 1. The number of phenols is 1. The van der Waals surface area contributed by atoms with E-state index >= 15 is 0 Å². The summed E-state index contributed by atoms with van der Waals surface area (Å²) in [5, 5.41) is 15.2. The number of aromatic hydroxyl groups is 1. The molecule has 114 valence electrons. The van der Waals surface area contributed by atoms with Gasteiger partial charge in [0.2, 0.25) is 0 Å². The first kappa shape index (κ1) is 16.3. The highest BCUT2D eigenvalue weighted by atomic mass is 79.9. The van der Waals surface area contributed by atoms with Crippen molar-refractivity contribution in [1.29, 1.82) is 0 Å². The molecule has 0 aliphatic carbocycles. The van der Waals surface area contributed by atoms with E-state index in [1.54, 1.807) is 30.3 Å². The minimum Gasteiger partial charge on any atom is -0.506 e. The summed E-state index contributed by atoms with van der Waals surface area (Å²) < 4.78 is 5.74. The molecule has 22 heavy (non-hydrogen) atoms. The molecule has 0 radical (unpaired) electrons. The van der Waals surface area contributed by atoms with E-state index < -0.39 is 0 Å². The molecule has 7 heteroatoms. The molecule has 2 aromatic carbocycles. The molecule has 0 heterocycles. The molecule has 0 aliphatic heterocycles. The number of carbonyl (C=O) groups is 1. The lowest BCUT2D eigenvalue weighted by molar-refractivity contribution is 0.0977.